The van der Waals surface area contributed by atoms with Crippen LogP contribution in [0.2, 0.25) is 0 Å². The summed E-state index contributed by atoms with van der Waals surface area (Å²) in [5, 5.41) is 10.1. The quantitative estimate of drug-likeness (QED) is 0.265. The second-order valence-corrected chi connectivity index (χ2v) is 8.38. The number of pyridine rings is 1. The number of benzene rings is 2. The van der Waals surface area contributed by atoms with E-state index in [2.05, 4.69) is 27.1 Å². The Morgan fingerprint density at radius 3 is 2.53 bits per heavy atom. The Morgan fingerprint density at radius 2 is 1.75 bits per heavy atom. The highest BCUT2D eigenvalue weighted by atomic mass is 32.2. The fraction of sp³-hybridized carbons (Fsp3) is 0.120. The van der Waals surface area contributed by atoms with Crippen molar-refractivity contribution in [3.05, 3.63) is 96.4 Å². The van der Waals surface area contributed by atoms with Gasteiger partial charge in [-0.05, 0) is 30.7 Å². The standard InChI is InChI=1S/C25H21N5OS/c1-2-30-24(18-12-14-26-15-13-18)28-29-25(30)32-23(17-8-4-3-5-9-17)22(31)20-16-27-21-11-7-6-10-19(20)21/h3-16,23,27H,2H2,1H3. The van der Waals surface area contributed by atoms with Crippen molar-refractivity contribution >= 4 is 28.4 Å². The molecule has 5 rings (SSSR count). The van der Waals surface area contributed by atoms with E-state index >= 15 is 0 Å². The molecule has 1 atom stereocenters. The van der Waals surface area contributed by atoms with Crippen LogP contribution < -0.4 is 0 Å². The number of rotatable bonds is 7. The summed E-state index contributed by atoms with van der Waals surface area (Å²) >= 11 is 1.43. The molecule has 0 aliphatic carbocycles. The third-order valence-electron chi connectivity index (χ3n) is 5.39. The summed E-state index contributed by atoms with van der Waals surface area (Å²) in [5.74, 6) is 0.804. The average Bonchev–Trinajstić information content (AvgIpc) is 3.47. The molecule has 3 aromatic heterocycles. The first kappa shape index (κ1) is 20.2. The molecule has 0 saturated heterocycles. The van der Waals surface area contributed by atoms with Gasteiger partial charge in [0, 0.05) is 47.2 Å². The molecule has 1 unspecified atom stereocenters. The van der Waals surface area contributed by atoms with Gasteiger partial charge in [0.05, 0.1) is 0 Å². The van der Waals surface area contributed by atoms with Crippen LogP contribution in [0.3, 0.4) is 0 Å². The van der Waals surface area contributed by atoms with Crippen LogP contribution in [-0.2, 0) is 6.54 Å². The van der Waals surface area contributed by atoms with Crippen LogP contribution in [0.1, 0.15) is 28.1 Å². The van der Waals surface area contributed by atoms with Gasteiger partial charge in [-0.3, -0.25) is 9.78 Å². The summed E-state index contributed by atoms with van der Waals surface area (Å²) in [6, 6.07) is 21.5. The van der Waals surface area contributed by atoms with Gasteiger partial charge in [-0.25, -0.2) is 0 Å². The lowest BCUT2D eigenvalue weighted by atomic mass is 10.0. The van der Waals surface area contributed by atoms with E-state index < -0.39 is 5.25 Å². The minimum absolute atomic E-state index is 0.0368. The lowest BCUT2D eigenvalue weighted by Gasteiger charge is -2.16. The normalized spacial score (nSPS) is 12.2. The number of ketones is 1. The van der Waals surface area contributed by atoms with E-state index in [-0.39, 0.29) is 5.78 Å². The summed E-state index contributed by atoms with van der Waals surface area (Å²) in [6.45, 7) is 2.74. The van der Waals surface area contributed by atoms with Crippen LogP contribution in [0, 0.1) is 0 Å². The molecular formula is C25H21N5OS. The molecule has 32 heavy (non-hydrogen) atoms. The number of Topliss-reactive ketones (excluding diaryl/α,β-unsaturated/α-hetero) is 1. The number of carbonyl (C=O) groups excluding carboxylic acids is 1. The minimum Gasteiger partial charge on any atom is -0.360 e. The monoisotopic (exact) mass is 439 g/mol. The molecule has 3 heterocycles. The highest BCUT2D eigenvalue weighted by Crippen LogP contribution is 2.39. The maximum Gasteiger partial charge on any atom is 0.192 e. The topological polar surface area (TPSA) is 76.5 Å². The Bertz CT molecular complexity index is 1360. The van der Waals surface area contributed by atoms with E-state index in [0.717, 1.165) is 27.9 Å². The van der Waals surface area contributed by atoms with E-state index in [1.807, 2.05) is 71.3 Å². The first-order valence-corrected chi connectivity index (χ1v) is 11.3. The first-order valence-electron chi connectivity index (χ1n) is 10.4. The van der Waals surface area contributed by atoms with E-state index in [0.29, 0.717) is 17.3 Å². The minimum atomic E-state index is -0.449. The van der Waals surface area contributed by atoms with Crippen molar-refractivity contribution in [1.82, 2.24) is 24.7 Å². The van der Waals surface area contributed by atoms with Crippen molar-refractivity contribution in [2.24, 2.45) is 0 Å². The lowest BCUT2D eigenvalue weighted by Crippen LogP contribution is -2.11. The summed E-state index contributed by atoms with van der Waals surface area (Å²) in [4.78, 5) is 21.1. The molecule has 5 aromatic rings. The van der Waals surface area contributed by atoms with Crippen molar-refractivity contribution in [2.45, 2.75) is 23.9 Å². The van der Waals surface area contributed by atoms with Crippen LogP contribution in [0.25, 0.3) is 22.3 Å². The highest BCUT2D eigenvalue weighted by molar-refractivity contribution is 8.00. The molecule has 0 spiro atoms. The highest BCUT2D eigenvalue weighted by Gasteiger charge is 2.28. The summed E-state index contributed by atoms with van der Waals surface area (Å²) in [7, 11) is 0. The third kappa shape index (κ3) is 3.71. The summed E-state index contributed by atoms with van der Waals surface area (Å²) in [6.07, 6.45) is 5.28. The van der Waals surface area contributed by atoms with Crippen molar-refractivity contribution < 1.29 is 4.79 Å². The SMILES string of the molecule is CCn1c(SC(C(=O)c2c[nH]c3ccccc23)c2ccccc2)nnc1-c1ccncc1. The van der Waals surface area contributed by atoms with Crippen LogP contribution in [-0.4, -0.2) is 30.5 Å². The number of fused-ring (bicyclic) bond motifs is 1. The molecule has 0 fully saturated rings. The predicted octanol–water partition coefficient (Wildman–Crippen LogP) is 5.56. The fourth-order valence-electron chi connectivity index (χ4n) is 3.80. The first-order chi connectivity index (χ1) is 15.8. The second kappa shape index (κ2) is 8.80. The molecule has 0 aliphatic rings. The Balaban J connectivity index is 1.56. The number of nitrogens with zero attached hydrogens (tertiary/aromatic N) is 4. The van der Waals surface area contributed by atoms with Gasteiger partial charge < -0.3 is 9.55 Å². The van der Waals surface area contributed by atoms with Gasteiger partial charge in [0.1, 0.15) is 5.25 Å². The largest absolute Gasteiger partial charge is 0.360 e. The van der Waals surface area contributed by atoms with Crippen LogP contribution >= 0.6 is 11.8 Å². The predicted molar refractivity (Wildman–Crippen MR) is 127 cm³/mol. The number of H-pyrrole nitrogens is 1. The van der Waals surface area contributed by atoms with E-state index in [4.69, 9.17) is 0 Å². The van der Waals surface area contributed by atoms with Crippen molar-refractivity contribution in [1.29, 1.82) is 0 Å². The number of carbonyl (C=O) groups is 1. The Morgan fingerprint density at radius 1 is 1.00 bits per heavy atom. The number of aromatic nitrogens is 5. The molecule has 158 valence electrons. The van der Waals surface area contributed by atoms with E-state index in [1.54, 1.807) is 18.6 Å². The van der Waals surface area contributed by atoms with Crippen LogP contribution in [0.4, 0.5) is 0 Å². The Hall–Kier alpha value is -3.71. The Kier molecular flexibility index (Phi) is 5.56. The Labute approximate surface area is 189 Å². The van der Waals surface area contributed by atoms with Crippen molar-refractivity contribution in [3.8, 4) is 11.4 Å². The smallest absolute Gasteiger partial charge is 0.192 e. The van der Waals surface area contributed by atoms with Gasteiger partial charge in [0.25, 0.3) is 0 Å². The molecule has 0 amide bonds. The number of nitrogens with one attached hydrogen (secondary N) is 1. The molecular weight excluding hydrogens is 418 g/mol. The third-order valence-corrected chi connectivity index (χ3v) is 6.62. The number of thioether (sulfide) groups is 1. The molecule has 0 saturated carbocycles. The fourth-order valence-corrected chi connectivity index (χ4v) is 4.97. The zero-order chi connectivity index (χ0) is 21.9. The molecule has 1 N–H and O–H groups in total. The molecule has 0 aliphatic heterocycles. The van der Waals surface area contributed by atoms with Crippen LogP contribution in [0.15, 0.2) is 90.5 Å². The maximum atomic E-state index is 13.8. The molecule has 7 heteroatoms. The van der Waals surface area contributed by atoms with Gasteiger partial charge >= 0.3 is 0 Å². The summed E-state index contributed by atoms with van der Waals surface area (Å²) in [5.41, 5.74) is 3.51. The number of para-hydroxylation sites is 1. The molecule has 6 nitrogen and oxygen atoms in total. The van der Waals surface area contributed by atoms with Crippen molar-refractivity contribution in [3.63, 3.8) is 0 Å². The van der Waals surface area contributed by atoms with Crippen LogP contribution in [0.5, 0.6) is 0 Å². The zero-order valence-corrected chi connectivity index (χ0v) is 18.3. The molecule has 0 radical (unpaired) electrons. The maximum absolute atomic E-state index is 13.8. The molecule has 2 aromatic carbocycles. The van der Waals surface area contributed by atoms with Gasteiger partial charge in [0.15, 0.2) is 16.8 Å². The summed E-state index contributed by atoms with van der Waals surface area (Å²) < 4.78 is 2.04. The zero-order valence-electron chi connectivity index (χ0n) is 17.5. The van der Waals surface area contributed by atoms with Crippen molar-refractivity contribution in [2.75, 3.05) is 0 Å². The number of aromatic amines is 1. The second-order valence-electron chi connectivity index (χ2n) is 7.31. The number of hydrogen-bond donors (Lipinski definition) is 1. The van der Waals surface area contributed by atoms with E-state index in [1.165, 1.54) is 11.8 Å². The van der Waals surface area contributed by atoms with Gasteiger partial charge in [-0.2, -0.15) is 0 Å². The molecule has 0 bridgehead atoms. The average molecular weight is 440 g/mol. The van der Waals surface area contributed by atoms with Gasteiger partial charge in [0.2, 0.25) is 0 Å². The van der Waals surface area contributed by atoms with E-state index in [9.17, 15) is 4.79 Å². The number of hydrogen-bond acceptors (Lipinski definition) is 5. The van der Waals surface area contributed by atoms with Gasteiger partial charge in [-0.15, -0.1) is 10.2 Å². The lowest BCUT2D eigenvalue weighted by molar-refractivity contribution is 0.0991. The van der Waals surface area contributed by atoms with Gasteiger partial charge in [-0.1, -0.05) is 60.3 Å².